The van der Waals surface area contributed by atoms with Gasteiger partial charge in [-0.1, -0.05) is 6.08 Å². The molecule has 0 unspecified atom stereocenters. The van der Waals surface area contributed by atoms with E-state index in [1.54, 1.807) is 31.4 Å². The maximum Gasteiger partial charge on any atom is 0.150 e. The highest BCUT2D eigenvalue weighted by Crippen LogP contribution is 2.17. The number of ether oxygens (including phenoxy) is 1. The molecule has 0 atom stereocenters. The molecule has 1 rings (SSSR count). The van der Waals surface area contributed by atoms with Crippen molar-refractivity contribution in [3.8, 4) is 5.75 Å². The molecule has 0 aliphatic heterocycles. The van der Waals surface area contributed by atoms with Crippen LogP contribution in [-0.4, -0.2) is 19.7 Å². The van der Waals surface area contributed by atoms with Crippen LogP contribution in [0.4, 0.5) is 0 Å². The van der Waals surface area contributed by atoms with E-state index in [-0.39, 0.29) is 0 Å². The number of hydrogen-bond acceptors (Lipinski definition) is 3. The van der Waals surface area contributed by atoms with Crippen LogP contribution in [0, 0.1) is 0 Å². The predicted octanol–water partition coefficient (Wildman–Crippen LogP) is 1.72. The van der Waals surface area contributed by atoms with Gasteiger partial charge < -0.3 is 4.74 Å². The summed E-state index contributed by atoms with van der Waals surface area (Å²) in [5.74, 6) is 0.654. The van der Waals surface area contributed by atoms with Crippen LogP contribution in [0.15, 0.2) is 24.3 Å². The molecule has 0 spiro atoms. The van der Waals surface area contributed by atoms with Gasteiger partial charge in [-0.3, -0.25) is 9.59 Å². The number of methoxy groups -OCH3 is 1. The Labute approximate surface area is 82.0 Å². The third-order valence-corrected chi connectivity index (χ3v) is 1.78. The Bertz CT molecular complexity index is 367. The van der Waals surface area contributed by atoms with Crippen molar-refractivity contribution in [3.05, 3.63) is 35.4 Å². The van der Waals surface area contributed by atoms with Crippen molar-refractivity contribution in [2.75, 3.05) is 7.11 Å². The molecule has 72 valence electrons. The fraction of sp³-hybridized carbons (Fsp3) is 0.0909. The fourth-order valence-corrected chi connectivity index (χ4v) is 1.07. The number of carbonyl (C=O) groups is 2. The molecule has 0 amide bonds. The summed E-state index contributed by atoms with van der Waals surface area (Å²) in [7, 11) is 1.54. The Morgan fingerprint density at radius 1 is 1.21 bits per heavy atom. The van der Waals surface area contributed by atoms with Gasteiger partial charge in [-0.15, -0.1) is 0 Å². The quantitative estimate of drug-likeness (QED) is 0.536. The van der Waals surface area contributed by atoms with Crippen molar-refractivity contribution in [2.24, 2.45) is 0 Å². The minimum Gasteiger partial charge on any atom is -0.497 e. The molecule has 0 fully saturated rings. The summed E-state index contributed by atoms with van der Waals surface area (Å²) in [6.45, 7) is 0. The Hall–Kier alpha value is -1.90. The summed E-state index contributed by atoms with van der Waals surface area (Å²) >= 11 is 0. The van der Waals surface area contributed by atoms with E-state index in [4.69, 9.17) is 4.74 Å². The molecule has 0 aromatic heterocycles. The highest BCUT2D eigenvalue weighted by atomic mass is 16.5. The number of allylic oxidation sites excluding steroid dienone is 1. The van der Waals surface area contributed by atoms with Gasteiger partial charge in [0, 0.05) is 5.56 Å². The predicted molar refractivity (Wildman–Crippen MR) is 53.5 cm³/mol. The van der Waals surface area contributed by atoms with Crippen LogP contribution < -0.4 is 4.74 Å². The lowest BCUT2D eigenvalue weighted by Crippen LogP contribution is -1.89. The van der Waals surface area contributed by atoms with Crippen molar-refractivity contribution in [3.63, 3.8) is 0 Å². The van der Waals surface area contributed by atoms with Gasteiger partial charge in [0.25, 0.3) is 0 Å². The molecule has 1 aromatic carbocycles. The summed E-state index contributed by atoms with van der Waals surface area (Å²) in [6.07, 6.45) is 4.30. The van der Waals surface area contributed by atoms with Gasteiger partial charge in [-0.25, -0.2) is 0 Å². The zero-order valence-corrected chi connectivity index (χ0v) is 7.77. The molecule has 0 saturated carbocycles. The van der Waals surface area contributed by atoms with E-state index in [9.17, 15) is 9.59 Å². The molecule has 1 aromatic rings. The second-order valence-electron chi connectivity index (χ2n) is 2.61. The molecule has 0 saturated heterocycles. The van der Waals surface area contributed by atoms with Crippen LogP contribution in [0.25, 0.3) is 6.08 Å². The SMILES string of the molecule is COc1ccc(C=O)c(C=CC=O)c1. The average molecular weight is 190 g/mol. The van der Waals surface area contributed by atoms with E-state index in [0.717, 1.165) is 6.29 Å². The first-order valence-electron chi connectivity index (χ1n) is 4.07. The number of benzene rings is 1. The summed E-state index contributed by atoms with van der Waals surface area (Å²) in [6, 6.07) is 5.04. The standard InChI is InChI=1S/C11H10O3/c1-14-11-5-4-10(8-13)9(7-11)3-2-6-12/h2-8H,1H3. The molecule has 0 heterocycles. The number of rotatable bonds is 4. The fourth-order valence-electron chi connectivity index (χ4n) is 1.07. The van der Waals surface area contributed by atoms with Gasteiger partial charge in [0.15, 0.2) is 6.29 Å². The third-order valence-electron chi connectivity index (χ3n) is 1.78. The minimum absolute atomic E-state index is 0.531. The number of aldehydes is 2. The highest BCUT2D eigenvalue weighted by molar-refractivity contribution is 5.85. The van der Waals surface area contributed by atoms with Crippen molar-refractivity contribution >= 4 is 18.6 Å². The minimum atomic E-state index is 0.531. The Morgan fingerprint density at radius 2 is 2.00 bits per heavy atom. The van der Waals surface area contributed by atoms with Gasteiger partial charge in [0.05, 0.1) is 7.11 Å². The monoisotopic (exact) mass is 190 g/mol. The number of hydrogen-bond donors (Lipinski definition) is 0. The third kappa shape index (κ3) is 2.29. The van der Waals surface area contributed by atoms with Crippen molar-refractivity contribution in [2.45, 2.75) is 0 Å². The average Bonchev–Trinajstić information content (AvgIpc) is 2.25. The number of carbonyl (C=O) groups excluding carboxylic acids is 2. The zero-order valence-electron chi connectivity index (χ0n) is 7.77. The molecule has 0 aliphatic rings. The lowest BCUT2D eigenvalue weighted by molar-refractivity contribution is -0.104. The van der Waals surface area contributed by atoms with Crippen molar-refractivity contribution in [1.82, 2.24) is 0 Å². The van der Waals surface area contributed by atoms with Crippen LogP contribution >= 0.6 is 0 Å². The van der Waals surface area contributed by atoms with E-state index in [1.807, 2.05) is 0 Å². The summed E-state index contributed by atoms with van der Waals surface area (Å²) < 4.78 is 5.00. The first-order valence-corrected chi connectivity index (χ1v) is 4.07. The maximum absolute atomic E-state index is 10.6. The summed E-state index contributed by atoms with van der Waals surface area (Å²) in [4.78, 5) is 20.8. The topological polar surface area (TPSA) is 43.4 Å². The molecular formula is C11H10O3. The van der Waals surface area contributed by atoms with Gasteiger partial charge in [0.2, 0.25) is 0 Å². The molecule has 3 nitrogen and oxygen atoms in total. The van der Waals surface area contributed by atoms with E-state index in [2.05, 4.69) is 0 Å². The molecule has 3 heteroatoms. The first kappa shape index (κ1) is 10.2. The van der Waals surface area contributed by atoms with Gasteiger partial charge in [0.1, 0.15) is 12.0 Å². The lowest BCUT2D eigenvalue weighted by atomic mass is 10.1. The van der Waals surface area contributed by atoms with Crippen LogP contribution in [0.1, 0.15) is 15.9 Å². The maximum atomic E-state index is 10.6. The smallest absolute Gasteiger partial charge is 0.150 e. The van der Waals surface area contributed by atoms with E-state index < -0.39 is 0 Å². The van der Waals surface area contributed by atoms with Crippen LogP contribution in [0.5, 0.6) is 5.75 Å². The van der Waals surface area contributed by atoms with Crippen LogP contribution in [0.3, 0.4) is 0 Å². The van der Waals surface area contributed by atoms with Crippen molar-refractivity contribution < 1.29 is 14.3 Å². The summed E-state index contributed by atoms with van der Waals surface area (Å²) in [5, 5.41) is 0. The van der Waals surface area contributed by atoms with Gasteiger partial charge >= 0.3 is 0 Å². The van der Waals surface area contributed by atoms with Crippen LogP contribution in [-0.2, 0) is 4.79 Å². The second kappa shape index (κ2) is 4.97. The van der Waals surface area contributed by atoms with Gasteiger partial charge in [-0.05, 0) is 29.8 Å². The normalized spacial score (nSPS) is 10.1. The van der Waals surface area contributed by atoms with E-state index >= 15 is 0 Å². The highest BCUT2D eigenvalue weighted by Gasteiger charge is 1.99. The van der Waals surface area contributed by atoms with E-state index in [1.165, 1.54) is 6.08 Å². The van der Waals surface area contributed by atoms with Crippen molar-refractivity contribution in [1.29, 1.82) is 0 Å². The molecule has 14 heavy (non-hydrogen) atoms. The molecule has 0 aliphatic carbocycles. The molecular weight excluding hydrogens is 180 g/mol. The largest absolute Gasteiger partial charge is 0.497 e. The molecule has 0 N–H and O–H groups in total. The van der Waals surface area contributed by atoms with E-state index in [0.29, 0.717) is 23.2 Å². The Balaban J connectivity index is 3.14. The zero-order chi connectivity index (χ0) is 10.4. The Morgan fingerprint density at radius 3 is 2.57 bits per heavy atom. The lowest BCUT2D eigenvalue weighted by Gasteiger charge is -2.02. The molecule has 0 bridgehead atoms. The Kier molecular flexibility index (Phi) is 3.61. The van der Waals surface area contributed by atoms with Gasteiger partial charge in [-0.2, -0.15) is 0 Å². The second-order valence-corrected chi connectivity index (χ2v) is 2.61. The molecule has 0 radical (unpaired) electrons. The van der Waals surface area contributed by atoms with Crippen LogP contribution in [0.2, 0.25) is 0 Å². The first-order chi connectivity index (χ1) is 6.81. The summed E-state index contributed by atoms with van der Waals surface area (Å²) in [5.41, 5.74) is 1.20.